The standard InChI is InChI=1S/C26H25N7O/c1-16-11-21-22(12-17(16)2)33-23(19-6-8-20(9-7-19)31-26(34)27-3)15-30-25(33)24(32-21)29-14-18-5-4-10-28-13-18/h4-13,15H,14H2,1-3H3,(H,29,32)(H2,27,31,34). The summed E-state index contributed by atoms with van der Waals surface area (Å²) in [7, 11) is 1.59. The predicted octanol–water partition coefficient (Wildman–Crippen LogP) is 4.92. The van der Waals surface area contributed by atoms with Crippen molar-refractivity contribution in [1.29, 1.82) is 0 Å². The molecule has 5 aromatic rings. The Labute approximate surface area is 197 Å². The molecule has 2 amide bonds. The number of rotatable bonds is 5. The molecule has 0 bridgehead atoms. The van der Waals surface area contributed by atoms with Gasteiger partial charge in [-0.25, -0.2) is 14.8 Å². The number of nitrogens with one attached hydrogen (secondary N) is 3. The van der Waals surface area contributed by atoms with Gasteiger partial charge in [-0.3, -0.25) is 9.38 Å². The fraction of sp³-hybridized carbons (Fsp3) is 0.154. The third-order valence-corrected chi connectivity index (χ3v) is 5.89. The highest BCUT2D eigenvalue weighted by molar-refractivity contribution is 5.90. The highest BCUT2D eigenvalue weighted by Crippen LogP contribution is 2.30. The Bertz CT molecular complexity index is 1490. The smallest absolute Gasteiger partial charge is 0.318 e. The lowest BCUT2D eigenvalue weighted by atomic mass is 10.1. The number of fused-ring (bicyclic) bond motifs is 3. The summed E-state index contributed by atoms with van der Waals surface area (Å²) < 4.78 is 2.14. The van der Waals surface area contributed by atoms with Crippen molar-refractivity contribution in [2.75, 3.05) is 17.7 Å². The minimum Gasteiger partial charge on any atom is -0.363 e. The van der Waals surface area contributed by atoms with Gasteiger partial charge in [-0.05, 0) is 60.9 Å². The van der Waals surface area contributed by atoms with E-state index in [1.54, 1.807) is 13.2 Å². The van der Waals surface area contributed by atoms with Crippen LogP contribution < -0.4 is 16.0 Å². The Morgan fingerprint density at radius 2 is 1.82 bits per heavy atom. The van der Waals surface area contributed by atoms with Crippen LogP contribution in [0.1, 0.15) is 16.7 Å². The first-order chi connectivity index (χ1) is 16.5. The number of imidazole rings is 1. The average Bonchev–Trinajstić information content (AvgIpc) is 3.30. The van der Waals surface area contributed by atoms with Gasteiger partial charge in [0.15, 0.2) is 11.5 Å². The van der Waals surface area contributed by atoms with E-state index in [4.69, 9.17) is 9.97 Å². The summed E-state index contributed by atoms with van der Waals surface area (Å²) in [4.78, 5) is 25.5. The van der Waals surface area contributed by atoms with Crippen LogP contribution in [0.3, 0.4) is 0 Å². The SMILES string of the molecule is CNC(=O)Nc1ccc(-c2cnc3c(NCc4cccnc4)nc4cc(C)c(C)cc4n23)cc1. The fourth-order valence-corrected chi connectivity index (χ4v) is 3.92. The first-order valence-corrected chi connectivity index (χ1v) is 11.0. The molecule has 3 heterocycles. The topological polar surface area (TPSA) is 96.2 Å². The summed E-state index contributed by atoms with van der Waals surface area (Å²) in [6.07, 6.45) is 5.46. The number of benzene rings is 2. The second-order valence-corrected chi connectivity index (χ2v) is 8.18. The van der Waals surface area contributed by atoms with Crippen LogP contribution in [-0.4, -0.2) is 32.4 Å². The van der Waals surface area contributed by atoms with E-state index in [-0.39, 0.29) is 6.03 Å². The van der Waals surface area contributed by atoms with Crippen LogP contribution in [0.5, 0.6) is 0 Å². The molecule has 0 spiro atoms. The van der Waals surface area contributed by atoms with Gasteiger partial charge in [0.25, 0.3) is 0 Å². The zero-order valence-electron chi connectivity index (χ0n) is 19.3. The summed E-state index contributed by atoms with van der Waals surface area (Å²) in [5, 5.41) is 8.79. The Kier molecular flexibility index (Phi) is 5.55. The largest absolute Gasteiger partial charge is 0.363 e. The maximum absolute atomic E-state index is 11.6. The van der Waals surface area contributed by atoms with Gasteiger partial charge in [-0.1, -0.05) is 18.2 Å². The molecular weight excluding hydrogens is 426 g/mol. The number of carbonyl (C=O) groups excluding carboxylic acids is 1. The third-order valence-electron chi connectivity index (χ3n) is 5.89. The van der Waals surface area contributed by atoms with E-state index in [9.17, 15) is 4.79 Å². The molecule has 0 saturated carbocycles. The molecule has 5 rings (SSSR count). The van der Waals surface area contributed by atoms with Crippen LogP contribution in [0, 0.1) is 13.8 Å². The highest BCUT2D eigenvalue weighted by Gasteiger charge is 2.16. The number of nitrogens with zero attached hydrogens (tertiary/aromatic N) is 4. The number of anilines is 2. The molecule has 8 nitrogen and oxygen atoms in total. The van der Waals surface area contributed by atoms with Crippen molar-refractivity contribution in [3.05, 3.63) is 83.8 Å². The van der Waals surface area contributed by atoms with Gasteiger partial charge < -0.3 is 16.0 Å². The quantitative estimate of drug-likeness (QED) is 0.352. The van der Waals surface area contributed by atoms with Crippen molar-refractivity contribution in [1.82, 2.24) is 24.7 Å². The van der Waals surface area contributed by atoms with Gasteiger partial charge in [-0.2, -0.15) is 0 Å². The highest BCUT2D eigenvalue weighted by atomic mass is 16.2. The summed E-state index contributed by atoms with van der Waals surface area (Å²) in [6, 6.07) is 15.7. The molecule has 8 heteroatoms. The van der Waals surface area contributed by atoms with Gasteiger partial charge >= 0.3 is 6.03 Å². The molecule has 0 aliphatic carbocycles. The Morgan fingerprint density at radius 1 is 1.03 bits per heavy atom. The van der Waals surface area contributed by atoms with E-state index in [2.05, 4.69) is 51.3 Å². The number of carbonyl (C=O) groups is 1. The number of aryl methyl sites for hydroxylation is 2. The normalized spacial score (nSPS) is 11.0. The van der Waals surface area contributed by atoms with E-state index in [0.29, 0.717) is 18.1 Å². The molecule has 34 heavy (non-hydrogen) atoms. The van der Waals surface area contributed by atoms with E-state index >= 15 is 0 Å². The Balaban J connectivity index is 1.62. The molecule has 0 unspecified atom stereocenters. The maximum atomic E-state index is 11.6. The van der Waals surface area contributed by atoms with Crippen molar-refractivity contribution >= 4 is 34.2 Å². The summed E-state index contributed by atoms with van der Waals surface area (Å²) in [5.74, 6) is 0.712. The van der Waals surface area contributed by atoms with Crippen molar-refractivity contribution < 1.29 is 4.79 Å². The first kappa shape index (κ1) is 21.4. The van der Waals surface area contributed by atoms with E-state index in [0.717, 1.165) is 33.5 Å². The number of aromatic nitrogens is 4. The predicted molar refractivity (Wildman–Crippen MR) is 135 cm³/mol. The lowest BCUT2D eigenvalue weighted by Gasteiger charge is -2.13. The second-order valence-electron chi connectivity index (χ2n) is 8.18. The van der Waals surface area contributed by atoms with Crippen molar-refractivity contribution in [2.45, 2.75) is 20.4 Å². The molecule has 3 aromatic heterocycles. The van der Waals surface area contributed by atoms with Gasteiger partial charge in [0.05, 0.1) is 22.9 Å². The molecule has 0 radical (unpaired) electrons. The van der Waals surface area contributed by atoms with Crippen LogP contribution >= 0.6 is 0 Å². The summed E-state index contributed by atoms with van der Waals surface area (Å²) in [5.41, 5.74) is 8.72. The minimum atomic E-state index is -0.255. The number of pyridine rings is 1. The summed E-state index contributed by atoms with van der Waals surface area (Å²) >= 11 is 0. The molecule has 0 saturated heterocycles. The van der Waals surface area contributed by atoms with Crippen molar-refractivity contribution in [3.63, 3.8) is 0 Å². The van der Waals surface area contributed by atoms with Gasteiger partial charge in [-0.15, -0.1) is 0 Å². The van der Waals surface area contributed by atoms with Crippen LogP contribution in [0.15, 0.2) is 67.1 Å². The van der Waals surface area contributed by atoms with E-state index < -0.39 is 0 Å². The van der Waals surface area contributed by atoms with Crippen LogP contribution in [0.2, 0.25) is 0 Å². The van der Waals surface area contributed by atoms with Crippen LogP contribution in [-0.2, 0) is 6.54 Å². The second kappa shape index (κ2) is 8.82. The van der Waals surface area contributed by atoms with Crippen LogP contribution in [0.4, 0.5) is 16.3 Å². The zero-order chi connectivity index (χ0) is 23.7. The minimum absolute atomic E-state index is 0.255. The average molecular weight is 452 g/mol. The molecule has 0 aliphatic heterocycles. The molecular formula is C26H25N7O. The number of urea groups is 1. The Hall–Kier alpha value is -4.46. The number of amides is 2. The number of hydrogen-bond acceptors (Lipinski definition) is 5. The molecule has 0 atom stereocenters. The zero-order valence-corrected chi connectivity index (χ0v) is 19.3. The number of hydrogen-bond donors (Lipinski definition) is 3. The molecule has 170 valence electrons. The van der Waals surface area contributed by atoms with E-state index in [1.165, 1.54) is 11.1 Å². The monoisotopic (exact) mass is 451 g/mol. The molecule has 0 aliphatic rings. The van der Waals surface area contributed by atoms with Crippen molar-refractivity contribution in [3.8, 4) is 11.3 Å². The Morgan fingerprint density at radius 3 is 2.56 bits per heavy atom. The first-order valence-electron chi connectivity index (χ1n) is 11.0. The maximum Gasteiger partial charge on any atom is 0.318 e. The lowest BCUT2D eigenvalue weighted by molar-refractivity contribution is 0.254. The van der Waals surface area contributed by atoms with Crippen molar-refractivity contribution in [2.24, 2.45) is 0 Å². The molecule has 3 N–H and O–H groups in total. The molecule has 2 aromatic carbocycles. The van der Waals surface area contributed by atoms with Gasteiger partial charge in [0, 0.05) is 37.2 Å². The third kappa shape index (κ3) is 4.01. The lowest BCUT2D eigenvalue weighted by Crippen LogP contribution is -2.24. The van der Waals surface area contributed by atoms with Crippen LogP contribution in [0.25, 0.3) is 27.9 Å². The summed E-state index contributed by atoms with van der Waals surface area (Å²) in [6.45, 7) is 4.79. The van der Waals surface area contributed by atoms with E-state index in [1.807, 2.05) is 48.8 Å². The molecule has 0 fully saturated rings. The van der Waals surface area contributed by atoms with Gasteiger partial charge in [0.1, 0.15) is 0 Å². The fourth-order valence-electron chi connectivity index (χ4n) is 3.92. The van der Waals surface area contributed by atoms with Gasteiger partial charge in [0.2, 0.25) is 0 Å².